The highest BCUT2D eigenvalue weighted by Crippen LogP contribution is 2.22. The van der Waals surface area contributed by atoms with Crippen LogP contribution in [0.2, 0.25) is 0 Å². The van der Waals surface area contributed by atoms with E-state index in [-0.39, 0.29) is 18.4 Å². The Morgan fingerprint density at radius 2 is 1.65 bits per heavy atom. The van der Waals surface area contributed by atoms with Gasteiger partial charge >= 0.3 is 0 Å². The van der Waals surface area contributed by atoms with Gasteiger partial charge in [-0.2, -0.15) is 0 Å². The number of hydrogen-bond donors (Lipinski definition) is 1. The first-order valence-electron chi connectivity index (χ1n) is 6.99. The van der Waals surface area contributed by atoms with Crippen molar-refractivity contribution in [2.24, 2.45) is 5.92 Å². The van der Waals surface area contributed by atoms with Crippen molar-refractivity contribution in [1.82, 2.24) is 9.80 Å². The van der Waals surface area contributed by atoms with Crippen LogP contribution in [0.15, 0.2) is 24.3 Å². The monoisotopic (exact) mass is 274 g/mol. The van der Waals surface area contributed by atoms with Gasteiger partial charge in [0.05, 0.1) is 11.1 Å². The molecule has 5 nitrogen and oxygen atoms in total. The van der Waals surface area contributed by atoms with Crippen LogP contribution in [0.25, 0.3) is 0 Å². The summed E-state index contributed by atoms with van der Waals surface area (Å²) in [4.78, 5) is 27.8. The fourth-order valence-corrected chi connectivity index (χ4v) is 2.87. The number of imide groups is 1. The summed E-state index contributed by atoms with van der Waals surface area (Å²) in [5.41, 5.74) is 1.03. The van der Waals surface area contributed by atoms with E-state index in [1.165, 1.54) is 4.90 Å². The zero-order chi connectivity index (χ0) is 14.1. The van der Waals surface area contributed by atoms with Gasteiger partial charge < -0.3 is 10.0 Å². The van der Waals surface area contributed by atoms with Crippen molar-refractivity contribution in [3.05, 3.63) is 35.4 Å². The number of carbonyl (C=O) groups excluding carboxylic acids is 2. The molecular weight excluding hydrogens is 256 g/mol. The van der Waals surface area contributed by atoms with E-state index in [9.17, 15) is 9.59 Å². The molecule has 0 unspecified atom stereocenters. The van der Waals surface area contributed by atoms with Crippen LogP contribution < -0.4 is 0 Å². The second kappa shape index (κ2) is 5.34. The first-order valence-corrected chi connectivity index (χ1v) is 6.99. The molecule has 0 saturated carbocycles. The molecule has 0 atom stereocenters. The third kappa shape index (κ3) is 2.23. The number of hydrogen-bond acceptors (Lipinski definition) is 4. The van der Waals surface area contributed by atoms with Crippen molar-refractivity contribution in [2.45, 2.75) is 6.42 Å². The molecule has 1 aromatic rings. The maximum absolute atomic E-state index is 12.1. The molecule has 0 radical (unpaired) electrons. The minimum Gasteiger partial charge on any atom is -0.396 e. The van der Waals surface area contributed by atoms with E-state index < -0.39 is 0 Å². The normalized spacial score (nSPS) is 19.4. The van der Waals surface area contributed by atoms with Gasteiger partial charge in [0.1, 0.15) is 0 Å². The fraction of sp³-hybridized carbons (Fsp3) is 0.467. The van der Waals surface area contributed by atoms with Crippen molar-refractivity contribution in [3.63, 3.8) is 0 Å². The summed E-state index contributed by atoms with van der Waals surface area (Å²) in [5.74, 6) is 0.0409. The zero-order valence-electron chi connectivity index (χ0n) is 11.3. The Hall–Kier alpha value is -1.72. The SMILES string of the molecule is O=C1c2ccccc2C(=O)N1CCCN1CC(CO)C1. The van der Waals surface area contributed by atoms with Crippen molar-refractivity contribution >= 4 is 11.8 Å². The fourth-order valence-electron chi connectivity index (χ4n) is 2.87. The lowest BCUT2D eigenvalue weighted by Gasteiger charge is -2.38. The molecule has 1 aromatic carbocycles. The lowest BCUT2D eigenvalue weighted by Crippen LogP contribution is -2.49. The summed E-state index contributed by atoms with van der Waals surface area (Å²) in [6.45, 7) is 3.41. The molecule has 2 aliphatic heterocycles. The third-order valence-electron chi connectivity index (χ3n) is 4.03. The number of amides is 2. The Morgan fingerprint density at radius 1 is 1.05 bits per heavy atom. The second-order valence-electron chi connectivity index (χ2n) is 5.47. The van der Waals surface area contributed by atoms with E-state index in [1.807, 2.05) is 0 Å². The van der Waals surface area contributed by atoms with Crippen molar-refractivity contribution in [1.29, 1.82) is 0 Å². The maximum atomic E-state index is 12.1. The van der Waals surface area contributed by atoms with Gasteiger partial charge in [0.2, 0.25) is 0 Å². The van der Waals surface area contributed by atoms with Gasteiger partial charge in [-0.05, 0) is 25.1 Å². The second-order valence-corrected chi connectivity index (χ2v) is 5.47. The summed E-state index contributed by atoms with van der Waals surface area (Å²) in [6.07, 6.45) is 0.781. The van der Waals surface area contributed by atoms with Crippen LogP contribution in [-0.4, -0.2) is 59.5 Å². The van der Waals surface area contributed by atoms with E-state index in [1.54, 1.807) is 24.3 Å². The molecule has 2 heterocycles. The molecule has 3 rings (SSSR count). The summed E-state index contributed by atoms with van der Waals surface area (Å²) < 4.78 is 0. The molecule has 1 fully saturated rings. The van der Waals surface area contributed by atoms with E-state index in [2.05, 4.69) is 4.90 Å². The van der Waals surface area contributed by atoms with Crippen molar-refractivity contribution < 1.29 is 14.7 Å². The van der Waals surface area contributed by atoms with Crippen LogP contribution >= 0.6 is 0 Å². The number of carbonyl (C=O) groups is 2. The van der Waals surface area contributed by atoms with Gasteiger partial charge in [-0.3, -0.25) is 14.5 Å². The van der Waals surface area contributed by atoms with E-state index in [0.29, 0.717) is 23.6 Å². The number of fused-ring (bicyclic) bond motifs is 1. The standard InChI is InChI=1S/C15H18N2O3/c18-10-11-8-16(9-11)6-3-7-17-14(19)12-4-1-2-5-13(12)15(17)20/h1-2,4-5,11,18H,3,6-10H2. The Labute approximate surface area is 117 Å². The summed E-state index contributed by atoms with van der Waals surface area (Å²) >= 11 is 0. The molecule has 106 valence electrons. The zero-order valence-corrected chi connectivity index (χ0v) is 11.3. The number of benzene rings is 1. The van der Waals surface area contributed by atoms with Gasteiger partial charge in [0.25, 0.3) is 11.8 Å². The maximum Gasteiger partial charge on any atom is 0.261 e. The molecular formula is C15H18N2O3. The van der Waals surface area contributed by atoms with Gasteiger partial charge in [-0.1, -0.05) is 12.1 Å². The quantitative estimate of drug-likeness (QED) is 0.799. The number of likely N-dealkylation sites (tertiary alicyclic amines) is 1. The minimum atomic E-state index is -0.178. The molecule has 0 bridgehead atoms. The van der Waals surface area contributed by atoms with E-state index in [0.717, 1.165) is 26.1 Å². The minimum absolute atomic E-state index is 0.178. The number of rotatable bonds is 5. The lowest BCUT2D eigenvalue weighted by molar-refractivity contribution is 0.0483. The van der Waals surface area contributed by atoms with Gasteiger partial charge in [0.15, 0.2) is 0 Å². The summed E-state index contributed by atoms with van der Waals surface area (Å²) in [7, 11) is 0. The highest BCUT2D eigenvalue weighted by Gasteiger charge is 2.34. The number of aliphatic hydroxyl groups excluding tert-OH is 1. The first-order chi connectivity index (χ1) is 9.70. The van der Waals surface area contributed by atoms with E-state index >= 15 is 0 Å². The summed E-state index contributed by atoms with van der Waals surface area (Å²) in [5, 5.41) is 8.95. The number of nitrogens with zero attached hydrogens (tertiary/aromatic N) is 2. The molecule has 1 saturated heterocycles. The first kappa shape index (κ1) is 13.3. The van der Waals surface area contributed by atoms with Gasteiger partial charge in [-0.15, -0.1) is 0 Å². The predicted molar refractivity (Wildman–Crippen MR) is 73.4 cm³/mol. The molecule has 1 N–H and O–H groups in total. The largest absolute Gasteiger partial charge is 0.396 e. The third-order valence-corrected chi connectivity index (χ3v) is 4.03. The van der Waals surface area contributed by atoms with Gasteiger partial charge in [-0.25, -0.2) is 0 Å². The molecule has 5 heteroatoms. The highest BCUT2D eigenvalue weighted by atomic mass is 16.3. The lowest BCUT2D eigenvalue weighted by atomic mass is 10.0. The van der Waals surface area contributed by atoms with Crippen molar-refractivity contribution in [3.8, 4) is 0 Å². The average Bonchev–Trinajstić information content (AvgIpc) is 2.66. The molecule has 2 aliphatic rings. The summed E-state index contributed by atoms with van der Waals surface area (Å²) in [6, 6.07) is 6.97. The molecule has 0 aromatic heterocycles. The van der Waals surface area contributed by atoms with Crippen LogP contribution in [0.5, 0.6) is 0 Å². The molecule has 20 heavy (non-hydrogen) atoms. The molecule has 2 amide bonds. The van der Waals surface area contributed by atoms with Crippen LogP contribution in [-0.2, 0) is 0 Å². The van der Waals surface area contributed by atoms with Crippen LogP contribution in [0.3, 0.4) is 0 Å². The molecule has 0 spiro atoms. The Balaban J connectivity index is 1.52. The highest BCUT2D eigenvalue weighted by molar-refractivity contribution is 6.21. The topological polar surface area (TPSA) is 60.9 Å². The smallest absolute Gasteiger partial charge is 0.261 e. The van der Waals surface area contributed by atoms with Gasteiger partial charge in [0, 0.05) is 32.2 Å². The van der Waals surface area contributed by atoms with Crippen molar-refractivity contribution in [2.75, 3.05) is 32.8 Å². The Kier molecular flexibility index (Phi) is 3.54. The van der Waals surface area contributed by atoms with E-state index in [4.69, 9.17) is 5.11 Å². The predicted octanol–water partition coefficient (Wildman–Crippen LogP) is 0.597. The average molecular weight is 274 g/mol. The molecule has 0 aliphatic carbocycles. The Bertz CT molecular complexity index is 503. The number of aliphatic hydroxyl groups is 1. The Morgan fingerprint density at radius 3 is 2.20 bits per heavy atom. The van der Waals surface area contributed by atoms with Crippen LogP contribution in [0.1, 0.15) is 27.1 Å². The van der Waals surface area contributed by atoms with Crippen LogP contribution in [0.4, 0.5) is 0 Å². The van der Waals surface area contributed by atoms with Crippen LogP contribution in [0, 0.1) is 5.92 Å².